The Morgan fingerprint density at radius 1 is 1.42 bits per heavy atom. The highest BCUT2D eigenvalue weighted by Crippen LogP contribution is 2.49. The summed E-state index contributed by atoms with van der Waals surface area (Å²) in [5.41, 5.74) is 8.74. The maximum Gasteiger partial charge on any atom is 0.411 e. The SMILES string of the molecule is C=C[C@H]1CN(C(=O)OC(C)(C)C)C2(C=C2N/C=C(\N)c2cnc3cc(Br)ccc3n2)C1. The van der Waals surface area contributed by atoms with Crippen LogP contribution in [0.3, 0.4) is 0 Å². The molecule has 1 unspecified atom stereocenters. The smallest absolute Gasteiger partial charge is 0.411 e. The molecule has 1 aliphatic carbocycles. The number of hydrogen-bond acceptors (Lipinski definition) is 6. The fourth-order valence-corrected chi connectivity index (χ4v) is 4.15. The number of benzene rings is 1. The van der Waals surface area contributed by atoms with E-state index in [1.807, 2.05) is 51.1 Å². The molecular formula is C23H26BrN5O2. The van der Waals surface area contributed by atoms with Crippen LogP contribution in [0.4, 0.5) is 4.79 Å². The number of likely N-dealkylation sites (tertiary alicyclic amines) is 1. The van der Waals surface area contributed by atoms with Crippen LogP contribution in [0.2, 0.25) is 0 Å². The molecule has 4 rings (SSSR count). The summed E-state index contributed by atoms with van der Waals surface area (Å²) in [6.45, 7) is 10.1. The lowest BCUT2D eigenvalue weighted by Crippen LogP contribution is -2.44. The van der Waals surface area contributed by atoms with Crippen molar-refractivity contribution in [2.24, 2.45) is 11.7 Å². The molecular weight excluding hydrogens is 458 g/mol. The largest absolute Gasteiger partial charge is 0.444 e. The number of carbonyl (C=O) groups is 1. The molecule has 0 bridgehead atoms. The van der Waals surface area contributed by atoms with Gasteiger partial charge in [0.05, 0.1) is 22.9 Å². The molecule has 1 spiro atoms. The van der Waals surface area contributed by atoms with Crippen molar-refractivity contribution in [3.05, 3.63) is 65.2 Å². The molecule has 8 heteroatoms. The van der Waals surface area contributed by atoms with E-state index in [2.05, 4.69) is 37.8 Å². The molecule has 1 aromatic heterocycles. The Balaban J connectivity index is 1.49. The van der Waals surface area contributed by atoms with Gasteiger partial charge in [-0.15, -0.1) is 6.58 Å². The van der Waals surface area contributed by atoms with E-state index in [1.165, 1.54) is 0 Å². The molecule has 7 nitrogen and oxygen atoms in total. The van der Waals surface area contributed by atoms with Crippen molar-refractivity contribution in [2.75, 3.05) is 6.54 Å². The number of rotatable bonds is 4. The third-order valence-corrected chi connectivity index (χ3v) is 5.86. The number of fused-ring (bicyclic) bond motifs is 1. The Kier molecular flexibility index (Phi) is 5.29. The second-order valence-corrected chi connectivity index (χ2v) is 9.82. The predicted molar refractivity (Wildman–Crippen MR) is 125 cm³/mol. The van der Waals surface area contributed by atoms with Gasteiger partial charge in [-0.2, -0.15) is 0 Å². The highest BCUT2D eigenvalue weighted by atomic mass is 79.9. The van der Waals surface area contributed by atoms with Gasteiger partial charge in [0.2, 0.25) is 0 Å². The number of carbonyl (C=O) groups excluding carboxylic acids is 1. The normalized spacial score (nSPS) is 23.1. The van der Waals surface area contributed by atoms with Crippen molar-refractivity contribution in [1.29, 1.82) is 0 Å². The molecule has 162 valence electrons. The first-order valence-corrected chi connectivity index (χ1v) is 10.9. The van der Waals surface area contributed by atoms with Crippen LogP contribution in [0.5, 0.6) is 0 Å². The van der Waals surface area contributed by atoms with Crippen LogP contribution in [-0.2, 0) is 4.74 Å². The van der Waals surface area contributed by atoms with Gasteiger partial charge in [0, 0.05) is 22.9 Å². The van der Waals surface area contributed by atoms with Crippen LogP contribution in [0.15, 0.2) is 59.5 Å². The molecule has 1 aromatic carbocycles. The van der Waals surface area contributed by atoms with Crippen molar-refractivity contribution in [3.63, 3.8) is 0 Å². The molecule has 1 fully saturated rings. The Bertz CT molecular complexity index is 1120. The Hall–Kier alpha value is -2.87. The lowest BCUT2D eigenvalue weighted by molar-refractivity contribution is 0.0214. The topological polar surface area (TPSA) is 93.4 Å². The van der Waals surface area contributed by atoms with Gasteiger partial charge in [0.1, 0.15) is 16.8 Å². The highest BCUT2D eigenvalue weighted by molar-refractivity contribution is 9.10. The molecule has 1 amide bonds. The third kappa shape index (κ3) is 4.30. The van der Waals surface area contributed by atoms with Gasteiger partial charge in [-0.3, -0.25) is 9.88 Å². The summed E-state index contributed by atoms with van der Waals surface area (Å²) in [5.74, 6) is 0.204. The zero-order valence-corrected chi connectivity index (χ0v) is 19.4. The van der Waals surface area contributed by atoms with Gasteiger partial charge >= 0.3 is 6.09 Å². The molecule has 31 heavy (non-hydrogen) atoms. The zero-order valence-electron chi connectivity index (χ0n) is 17.9. The monoisotopic (exact) mass is 483 g/mol. The van der Waals surface area contributed by atoms with Crippen LogP contribution < -0.4 is 11.1 Å². The van der Waals surface area contributed by atoms with Gasteiger partial charge in [0.15, 0.2) is 0 Å². The standard InChI is InChI=1S/C23H26BrN5O2/c1-5-14-9-23(29(13-14)21(30)31-22(2,3)4)10-20(23)27-11-16(25)19-12-26-18-8-15(24)6-7-17(18)28-19/h5-8,10-12,14,27H,1,9,13,25H2,2-4H3/b16-11-/t14-,23?/m1/s1. The fourth-order valence-electron chi connectivity index (χ4n) is 3.80. The fraction of sp³-hybridized carbons (Fsp3) is 0.348. The quantitative estimate of drug-likeness (QED) is 0.628. The lowest BCUT2D eigenvalue weighted by Gasteiger charge is -2.29. The first-order valence-electron chi connectivity index (χ1n) is 10.1. The maximum absolute atomic E-state index is 12.8. The molecule has 1 saturated heterocycles. The molecule has 2 atom stereocenters. The van der Waals surface area contributed by atoms with Gasteiger partial charge in [0.25, 0.3) is 0 Å². The minimum Gasteiger partial charge on any atom is -0.444 e. The predicted octanol–water partition coefficient (Wildman–Crippen LogP) is 4.32. The van der Waals surface area contributed by atoms with Crippen molar-refractivity contribution in [3.8, 4) is 0 Å². The van der Waals surface area contributed by atoms with Gasteiger partial charge < -0.3 is 15.8 Å². The van der Waals surface area contributed by atoms with Crippen LogP contribution in [0, 0.1) is 5.92 Å². The first kappa shape index (κ1) is 21.4. The summed E-state index contributed by atoms with van der Waals surface area (Å²) >= 11 is 3.43. The Morgan fingerprint density at radius 3 is 2.90 bits per heavy atom. The van der Waals surface area contributed by atoms with E-state index in [0.29, 0.717) is 17.9 Å². The highest BCUT2D eigenvalue weighted by Gasteiger charge is 2.57. The zero-order chi connectivity index (χ0) is 22.4. The van der Waals surface area contributed by atoms with Crippen molar-refractivity contribution in [2.45, 2.75) is 38.3 Å². The Morgan fingerprint density at radius 2 is 2.19 bits per heavy atom. The number of nitrogens with one attached hydrogen (secondary N) is 1. The molecule has 0 radical (unpaired) electrons. The van der Waals surface area contributed by atoms with E-state index in [4.69, 9.17) is 10.5 Å². The number of halogens is 1. The number of ether oxygens (including phenoxy) is 1. The minimum atomic E-state index is -0.554. The van der Waals surface area contributed by atoms with E-state index in [-0.39, 0.29) is 12.0 Å². The Labute approximate surface area is 190 Å². The minimum absolute atomic E-state index is 0.204. The molecule has 3 N–H and O–H groups in total. The summed E-state index contributed by atoms with van der Waals surface area (Å²) in [6, 6.07) is 5.71. The molecule has 2 aromatic rings. The lowest BCUT2D eigenvalue weighted by atomic mass is 10.0. The van der Waals surface area contributed by atoms with Gasteiger partial charge in [-0.1, -0.05) is 22.0 Å². The number of nitrogens with zero attached hydrogens (tertiary/aromatic N) is 3. The summed E-state index contributed by atoms with van der Waals surface area (Å²) in [6.07, 6.45) is 7.72. The first-order chi connectivity index (χ1) is 14.6. The summed E-state index contributed by atoms with van der Waals surface area (Å²) in [7, 11) is 0. The van der Waals surface area contributed by atoms with Crippen molar-refractivity contribution >= 4 is 38.8 Å². The van der Waals surface area contributed by atoms with E-state index in [9.17, 15) is 4.79 Å². The van der Waals surface area contributed by atoms with Crippen LogP contribution in [-0.4, -0.2) is 38.6 Å². The average Bonchev–Trinajstić information content (AvgIpc) is 3.25. The van der Waals surface area contributed by atoms with E-state index < -0.39 is 11.1 Å². The van der Waals surface area contributed by atoms with Crippen LogP contribution >= 0.6 is 15.9 Å². The number of aromatic nitrogens is 2. The van der Waals surface area contributed by atoms with Gasteiger partial charge in [-0.25, -0.2) is 9.78 Å². The number of hydrogen-bond donors (Lipinski definition) is 2. The second-order valence-electron chi connectivity index (χ2n) is 8.91. The maximum atomic E-state index is 12.8. The average molecular weight is 484 g/mol. The molecule has 0 saturated carbocycles. The van der Waals surface area contributed by atoms with Crippen LogP contribution in [0.25, 0.3) is 16.7 Å². The second kappa shape index (κ2) is 7.67. The van der Waals surface area contributed by atoms with E-state index in [1.54, 1.807) is 17.3 Å². The van der Waals surface area contributed by atoms with Gasteiger partial charge in [-0.05, 0) is 57.4 Å². The molecule has 2 heterocycles. The summed E-state index contributed by atoms with van der Waals surface area (Å²) in [5, 5.41) is 3.25. The van der Waals surface area contributed by atoms with Crippen molar-refractivity contribution in [1.82, 2.24) is 20.2 Å². The number of nitrogens with two attached hydrogens (primary N) is 1. The molecule has 2 aliphatic rings. The molecule has 1 aliphatic heterocycles. The van der Waals surface area contributed by atoms with E-state index in [0.717, 1.165) is 27.6 Å². The van der Waals surface area contributed by atoms with Crippen LogP contribution in [0.1, 0.15) is 32.9 Å². The third-order valence-electron chi connectivity index (χ3n) is 5.37. The van der Waals surface area contributed by atoms with E-state index >= 15 is 0 Å². The van der Waals surface area contributed by atoms with Crippen molar-refractivity contribution < 1.29 is 9.53 Å². The summed E-state index contributed by atoms with van der Waals surface area (Å²) in [4.78, 5) is 23.6. The number of amides is 1. The summed E-state index contributed by atoms with van der Waals surface area (Å²) < 4.78 is 6.56.